The zero-order chi connectivity index (χ0) is 11.5. The number of carboxylic acids is 1. The fourth-order valence-corrected chi connectivity index (χ4v) is 3.20. The molecule has 1 rings (SSSR count). The normalized spacial score (nSPS) is 34.9. The van der Waals surface area contributed by atoms with E-state index in [0.717, 1.165) is 12.8 Å². The zero-order valence-corrected chi connectivity index (χ0v) is 9.83. The van der Waals surface area contributed by atoms with Gasteiger partial charge in [-0.05, 0) is 36.6 Å². The highest BCUT2D eigenvalue weighted by Crippen LogP contribution is 2.54. The smallest absolute Gasteiger partial charge is 0.303 e. The Labute approximate surface area is 92.0 Å². The van der Waals surface area contributed by atoms with Crippen LogP contribution in [0.1, 0.15) is 46.0 Å². The first-order chi connectivity index (χ1) is 7.05. The number of nitrogens with two attached hydrogens (primary N) is 1. The van der Waals surface area contributed by atoms with Crippen molar-refractivity contribution in [2.75, 3.05) is 6.54 Å². The van der Waals surface area contributed by atoms with E-state index in [1.54, 1.807) is 0 Å². The summed E-state index contributed by atoms with van der Waals surface area (Å²) in [4.78, 5) is 10.8. The summed E-state index contributed by atoms with van der Waals surface area (Å²) in [5, 5.41) is 8.92. The van der Waals surface area contributed by atoms with Gasteiger partial charge in [-0.3, -0.25) is 4.79 Å². The third-order valence-corrected chi connectivity index (χ3v) is 3.98. The first kappa shape index (κ1) is 12.5. The molecular formula is C12H23NO2. The molecule has 1 fully saturated rings. The van der Waals surface area contributed by atoms with Crippen LogP contribution < -0.4 is 5.73 Å². The molecule has 0 amide bonds. The molecule has 0 aromatic heterocycles. The van der Waals surface area contributed by atoms with Gasteiger partial charge in [0.1, 0.15) is 0 Å². The highest BCUT2D eigenvalue weighted by atomic mass is 16.4. The van der Waals surface area contributed by atoms with Crippen LogP contribution in [-0.2, 0) is 4.79 Å². The summed E-state index contributed by atoms with van der Waals surface area (Å²) in [6, 6.07) is 0. The maximum atomic E-state index is 10.8. The molecule has 0 aromatic carbocycles. The topological polar surface area (TPSA) is 63.3 Å². The Kier molecular flexibility index (Phi) is 4.14. The van der Waals surface area contributed by atoms with Crippen molar-refractivity contribution in [3.63, 3.8) is 0 Å². The van der Waals surface area contributed by atoms with Gasteiger partial charge < -0.3 is 10.8 Å². The van der Waals surface area contributed by atoms with E-state index in [-0.39, 0.29) is 11.8 Å². The molecule has 3 heteroatoms. The third kappa shape index (κ3) is 2.51. The Morgan fingerprint density at radius 2 is 2.27 bits per heavy atom. The molecule has 0 unspecified atom stereocenters. The summed E-state index contributed by atoms with van der Waals surface area (Å²) < 4.78 is 0. The van der Waals surface area contributed by atoms with E-state index in [1.165, 1.54) is 12.8 Å². The highest BCUT2D eigenvalue weighted by Gasteiger charge is 2.50. The average molecular weight is 213 g/mol. The first-order valence-corrected chi connectivity index (χ1v) is 5.97. The second-order valence-corrected chi connectivity index (χ2v) is 5.07. The van der Waals surface area contributed by atoms with Crippen LogP contribution in [0.15, 0.2) is 0 Å². The van der Waals surface area contributed by atoms with E-state index in [1.807, 2.05) is 0 Å². The summed E-state index contributed by atoms with van der Waals surface area (Å²) in [5.41, 5.74) is 5.68. The summed E-state index contributed by atoms with van der Waals surface area (Å²) in [7, 11) is 0. The Bertz CT molecular complexity index is 230. The van der Waals surface area contributed by atoms with E-state index in [4.69, 9.17) is 10.8 Å². The molecule has 3 nitrogen and oxygen atoms in total. The van der Waals surface area contributed by atoms with Crippen LogP contribution in [0.3, 0.4) is 0 Å². The second kappa shape index (κ2) is 4.97. The number of hydrogen-bond donors (Lipinski definition) is 2. The molecule has 3 N–H and O–H groups in total. The molecule has 0 heterocycles. The van der Waals surface area contributed by atoms with Crippen LogP contribution in [0.4, 0.5) is 0 Å². The van der Waals surface area contributed by atoms with E-state index in [2.05, 4.69) is 13.8 Å². The first-order valence-electron chi connectivity index (χ1n) is 5.97. The van der Waals surface area contributed by atoms with E-state index < -0.39 is 5.97 Å². The number of carboxylic acid groups (broad SMARTS) is 1. The van der Waals surface area contributed by atoms with E-state index in [0.29, 0.717) is 18.4 Å². The molecule has 15 heavy (non-hydrogen) atoms. The number of rotatable bonds is 6. The molecule has 1 saturated carbocycles. The lowest BCUT2D eigenvalue weighted by atomic mass is 9.51. The summed E-state index contributed by atoms with van der Waals surface area (Å²) in [6.45, 7) is 4.92. The molecule has 0 aromatic rings. The van der Waals surface area contributed by atoms with E-state index >= 15 is 0 Å². The van der Waals surface area contributed by atoms with Gasteiger partial charge in [0.15, 0.2) is 0 Å². The molecule has 3 atom stereocenters. The summed E-state index contributed by atoms with van der Waals surface area (Å²) >= 11 is 0. The SMILES string of the molecule is CCCC[C@H]1[C@@H](C)C[C@]1(CN)CC(=O)O. The van der Waals surface area contributed by atoms with E-state index in [9.17, 15) is 4.79 Å². The fraction of sp³-hybridized carbons (Fsp3) is 0.917. The van der Waals surface area contributed by atoms with Gasteiger partial charge in [0.05, 0.1) is 6.42 Å². The predicted octanol–water partition coefficient (Wildman–Crippen LogP) is 2.25. The van der Waals surface area contributed by atoms with Gasteiger partial charge in [-0.25, -0.2) is 0 Å². The zero-order valence-electron chi connectivity index (χ0n) is 9.83. The van der Waals surface area contributed by atoms with Gasteiger partial charge in [-0.2, -0.15) is 0 Å². The van der Waals surface area contributed by atoms with Gasteiger partial charge in [0, 0.05) is 0 Å². The lowest BCUT2D eigenvalue weighted by Gasteiger charge is -2.53. The highest BCUT2D eigenvalue weighted by molar-refractivity contribution is 5.68. The standard InChI is InChI=1S/C12H23NO2/c1-3-4-5-10-9(2)6-12(10,8-13)7-11(14)15/h9-10H,3-8,13H2,1-2H3,(H,14,15)/t9-,10-,12+/m0/s1. The van der Waals surface area contributed by atoms with Gasteiger partial charge in [-0.1, -0.05) is 26.7 Å². The van der Waals surface area contributed by atoms with Gasteiger partial charge >= 0.3 is 5.97 Å². The van der Waals surface area contributed by atoms with Crippen LogP contribution in [0.2, 0.25) is 0 Å². The second-order valence-electron chi connectivity index (χ2n) is 5.07. The molecule has 0 bridgehead atoms. The van der Waals surface area contributed by atoms with Crippen molar-refractivity contribution in [3.05, 3.63) is 0 Å². The third-order valence-electron chi connectivity index (χ3n) is 3.98. The van der Waals surface area contributed by atoms with Crippen molar-refractivity contribution >= 4 is 5.97 Å². The molecule has 0 saturated heterocycles. The van der Waals surface area contributed by atoms with Crippen LogP contribution >= 0.6 is 0 Å². The Balaban J connectivity index is 2.60. The molecule has 0 radical (unpaired) electrons. The average Bonchev–Trinajstić information content (AvgIpc) is 2.16. The van der Waals surface area contributed by atoms with Crippen molar-refractivity contribution in [2.45, 2.75) is 46.0 Å². The Morgan fingerprint density at radius 3 is 2.67 bits per heavy atom. The number of unbranched alkanes of at least 4 members (excludes halogenated alkanes) is 1. The summed E-state index contributed by atoms with van der Waals surface area (Å²) in [5.74, 6) is 0.479. The van der Waals surface area contributed by atoms with Crippen LogP contribution in [0.5, 0.6) is 0 Å². The summed E-state index contributed by atoms with van der Waals surface area (Å²) in [6.07, 6.45) is 4.75. The van der Waals surface area contributed by atoms with Crippen LogP contribution in [0.25, 0.3) is 0 Å². The van der Waals surface area contributed by atoms with Crippen LogP contribution in [0, 0.1) is 17.3 Å². The fourth-order valence-electron chi connectivity index (χ4n) is 3.20. The van der Waals surface area contributed by atoms with Gasteiger partial charge in [0.25, 0.3) is 0 Å². The molecular weight excluding hydrogens is 190 g/mol. The molecule has 0 aliphatic heterocycles. The Hall–Kier alpha value is -0.570. The number of hydrogen-bond acceptors (Lipinski definition) is 2. The van der Waals surface area contributed by atoms with Crippen LogP contribution in [-0.4, -0.2) is 17.6 Å². The number of carbonyl (C=O) groups is 1. The minimum Gasteiger partial charge on any atom is -0.481 e. The van der Waals surface area contributed by atoms with Gasteiger partial charge in [-0.15, -0.1) is 0 Å². The van der Waals surface area contributed by atoms with Crippen molar-refractivity contribution in [3.8, 4) is 0 Å². The predicted molar refractivity (Wildman–Crippen MR) is 60.5 cm³/mol. The van der Waals surface area contributed by atoms with Gasteiger partial charge in [0.2, 0.25) is 0 Å². The monoisotopic (exact) mass is 213 g/mol. The molecule has 0 spiro atoms. The lowest BCUT2D eigenvalue weighted by molar-refractivity contribution is -0.146. The van der Waals surface area contributed by atoms with Crippen molar-refractivity contribution in [1.82, 2.24) is 0 Å². The molecule has 1 aliphatic carbocycles. The molecule has 88 valence electrons. The van der Waals surface area contributed by atoms with Crippen molar-refractivity contribution < 1.29 is 9.90 Å². The maximum Gasteiger partial charge on any atom is 0.303 e. The minimum absolute atomic E-state index is 0.0968. The van der Waals surface area contributed by atoms with Crippen molar-refractivity contribution in [1.29, 1.82) is 0 Å². The number of aliphatic carboxylic acids is 1. The minimum atomic E-state index is -0.700. The van der Waals surface area contributed by atoms with Crippen molar-refractivity contribution in [2.24, 2.45) is 23.0 Å². The maximum absolute atomic E-state index is 10.8. The quantitative estimate of drug-likeness (QED) is 0.711. The Morgan fingerprint density at radius 1 is 1.60 bits per heavy atom. The lowest BCUT2D eigenvalue weighted by Crippen LogP contribution is -2.52. The largest absolute Gasteiger partial charge is 0.481 e. The molecule has 1 aliphatic rings.